The van der Waals surface area contributed by atoms with Crippen LogP contribution in [0.5, 0.6) is 0 Å². The molecule has 0 bridgehead atoms. The van der Waals surface area contributed by atoms with Crippen LogP contribution < -0.4 is 10.6 Å². The molecular formula is C15H19N3OS2. The minimum atomic E-state index is 0.0200. The molecule has 1 saturated heterocycles. The summed E-state index contributed by atoms with van der Waals surface area (Å²) in [6, 6.07) is 4.30. The summed E-state index contributed by atoms with van der Waals surface area (Å²) in [6.45, 7) is 6.02. The Labute approximate surface area is 132 Å². The molecule has 2 unspecified atom stereocenters. The fraction of sp³-hybridized carbons (Fsp3) is 0.467. The van der Waals surface area contributed by atoms with E-state index in [2.05, 4.69) is 22.5 Å². The molecule has 3 rings (SSSR count). The van der Waals surface area contributed by atoms with E-state index in [1.165, 1.54) is 11.3 Å². The first kappa shape index (κ1) is 14.7. The van der Waals surface area contributed by atoms with E-state index in [9.17, 15) is 4.79 Å². The van der Waals surface area contributed by atoms with E-state index in [0.717, 1.165) is 40.0 Å². The molecule has 0 spiro atoms. The number of amides is 1. The summed E-state index contributed by atoms with van der Waals surface area (Å²) in [5, 5.41) is 9.50. The molecule has 0 radical (unpaired) electrons. The van der Waals surface area contributed by atoms with Crippen LogP contribution in [0.15, 0.2) is 17.5 Å². The molecule has 1 aliphatic rings. The lowest BCUT2D eigenvalue weighted by Crippen LogP contribution is -2.48. The van der Waals surface area contributed by atoms with E-state index in [4.69, 9.17) is 0 Å². The van der Waals surface area contributed by atoms with Crippen molar-refractivity contribution in [2.45, 2.75) is 26.3 Å². The minimum absolute atomic E-state index is 0.0200. The highest BCUT2D eigenvalue weighted by molar-refractivity contribution is 7.22. The number of carbonyl (C=O) groups is 1. The van der Waals surface area contributed by atoms with Gasteiger partial charge in [0, 0.05) is 6.04 Å². The van der Waals surface area contributed by atoms with Gasteiger partial charge in [0.25, 0.3) is 5.91 Å². The first-order valence-electron chi connectivity index (χ1n) is 7.18. The largest absolute Gasteiger partial charge is 0.348 e. The molecule has 1 fully saturated rings. The Bertz CT molecular complexity index is 621. The summed E-state index contributed by atoms with van der Waals surface area (Å²) in [5.74, 6) is 0.485. The number of rotatable bonds is 3. The van der Waals surface area contributed by atoms with Gasteiger partial charge in [0.05, 0.1) is 10.6 Å². The Balaban J connectivity index is 1.75. The van der Waals surface area contributed by atoms with Gasteiger partial charge in [-0.25, -0.2) is 4.98 Å². The lowest BCUT2D eigenvalue weighted by atomic mass is 9.95. The maximum Gasteiger partial charge on any atom is 0.263 e. The van der Waals surface area contributed by atoms with Gasteiger partial charge in [-0.05, 0) is 43.8 Å². The molecule has 112 valence electrons. The van der Waals surface area contributed by atoms with Crippen molar-refractivity contribution in [3.63, 3.8) is 0 Å². The van der Waals surface area contributed by atoms with E-state index in [0.29, 0.717) is 5.92 Å². The summed E-state index contributed by atoms with van der Waals surface area (Å²) in [4.78, 5) is 18.9. The topological polar surface area (TPSA) is 54.0 Å². The third-order valence-corrected chi connectivity index (χ3v) is 6.03. The van der Waals surface area contributed by atoms with Crippen molar-refractivity contribution in [1.82, 2.24) is 15.6 Å². The Morgan fingerprint density at radius 3 is 3.10 bits per heavy atom. The number of thiophene rings is 1. The molecule has 3 heterocycles. The van der Waals surface area contributed by atoms with E-state index in [-0.39, 0.29) is 11.9 Å². The summed E-state index contributed by atoms with van der Waals surface area (Å²) in [5.41, 5.74) is 0.822. The van der Waals surface area contributed by atoms with Crippen LogP contribution in [0.2, 0.25) is 0 Å². The first-order chi connectivity index (χ1) is 10.1. The molecule has 2 aromatic rings. The second kappa shape index (κ2) is 6.25. The van der Waals surface area contributed by atoms with Crippen molar-refractivity contribution >= 4 is 28.6 Å². The third kappa shape index (κ3) is 3.17. The van der Waals surface area contributed by atoms with Gasteiger partial charge in [-0.3, -0.25) is 4.79 Å². The van der Waals surface area contributed by atoms with Gasteiger partial charge in [0.1, 0.15) is 9.88 Å². The normalized spacial score (nSPS) is 22.2. The number of aryl methyl sites for hydroxylation is 1. The highest BCUT2D eigenvalue weighted by Crippen LogP contribution is 2.31. The van der Waals surface area contributed by atoms with Gasteiger partial charge >= 0.3 is 0 Å². The summed E-state index contributed by atoms with van der Waals surface area (Å²) < 4.78 is 0. The van der Waals surface area contributed by atoms with Crippen LogP contribution in [0.4, 0.5) is 0 Å². The molecule has 4 nitrogen and oxygen atoms in total. The van der Waals surface area contributed by atoms with Crippen LogP contribution >= 0.6 is 22.7 Å². The zero-order valence-electron chi connectivity index (χ0n) is 12.2. The van der Waals surface area contributed by atoms with Crippen molar-refractivity contribution in [3.05, 3.63) is 28.1 Å². The van der Waals surface area contributed by atoms with Crippen molar-refractivity contribution in [3.8, 4) is 9.88 Å². The van der Waals surface area contributed by atoms with E-state index in [1.807, 2.05) is 24.4 Å². The number of hydrogen-bond acceptors (Lipinski definition) is 5. The second-order valence-corrected chi connectivity index (χ2v) is 7.41. The molecule has 1 amide bonds. The zero-order valence-corrected chi connectivity index (χ0v) is 13.8. The minimum Gasteiger partial charge on any atom is -0.348 e. The highest BCUT2D eigenvalue weighted by Gasteiger charge is 2.25. The number of aromatic nitrogens is 1. The first-order valence-corrected chi connectivity index (χ1v) is 8.87. The SMILES string of the molecule is Cc1nc(-c2cccs2)sc1C(=O)NC1CCNCC1C. The number of carbonyl (C=O) groups excluding carboxylic acids is 1. The molecule has 0 aliphatic carbocycles. The predicted molar refractivity (Wildman–Crippen MR) is 88.1 cm³/mol. The highest BCUT2D eigenvalue weighted by atomic mass is 32.1. The lowest BCUT2D eigenvalue weighted by molar-refractivity contribution is 0.0917. The number of hydrogen-bond donors (Lipinski definition) is 2. The Morgan fingerprint density at radius 2 is 2.38 bits per heavy atom. The van der Waals surface area contributed by atoms with Gasteiger partial charge in [-0.15, -0.1) is 22.7 Å². The average Bonchev–Trinajstić information content (AvgIpc) is 3.10. The predicted octanol–water partition coefficient (Wildman–Crippen LogP) is 2.91. The smallest absolute Gasteiger partial charge is 0.263 e. The molecule has 21 heavy (non-hydrogen) atoms. The summed E-state index contributed by atoms with van der Waals surface area (Å²) in [7, 11) is 0. The maximum absolute atomic E-state index is 12.5. The fourth-order valence-corrected chi connectivity index (χ4v) is 4.34. The number of piperidine rings is 1. The quantitative estimate of drug-likeness (QED) is 0.914. The van der Waals surface area contributed by atoms with Gasteiger partial charge < -0.3 is 10.6 Å². The van der Waals surface area contributed by atoms with Crippen molar-refractivity contribution in [1.29, 1.82) is 0 Å². The monoisotopic (exact) mass is 321 g/mol. The van der Waals surface area contributed by atoms with Crippen LogP contribution in [0.25, 0.3) is 9.88 Å². The molecule has 0 saturated carbocycles. The summed E-state index contributed by atoms with van der Waals surface area (Å²) >= 11 is 3.14. The summed E-state index contributed by atoms with van der Waals surface area (Å²) in [6.07, 6.45) is 0.989. The van der Waals surface area contributed by atoms with Crippen LogP contribution in [-0.4, -0.2) is 30.0 Å². The van der Waals surface area contributed by atoms with Crippen LogP contribution in [-0.2, 0) is 0 Å². The van der Waals surface area contributed by atoms with Crippen molar-refractivity contribution in [2.75, 3.05) is 13.1 Å². The number of nitrogens with one attached hydrogen (secondary N) is 2. The molecule has 2 N–H and O–H groups in total. The van der Waals surface area contributed by atoms with Crippen LogP contribution in [0, 0.1) is 12.8 Å². The molecule has 0 aromatic carbocycles. The number of nitrogens with zero attached hydrogens (tertiary/aromatic N) is 1. The lowest BCUT2D eigenvalue weighted by Gasteiger charge is -2.30. The van der Waals surface area contributed by atoms with E-state index in [1.54, 1.807) is 11.3 Å². The Kier molecular flexibility index (Phi) is 4.37. The van der Waals surface area contributed by atoms with Crippen LogP contribution in [0.3, 0.4) is 0 Å². The standard InChI is InChI=1S/C15H19N3OS2/c1-9-8-16-6-5-11(9)18-14(19)13-10(2)17-15(21-13)12-4-3-7-20-12/h3-4,7,9,11,16H,5-6,8H2,1-2H3,(H,18,19). The van der Waals surface area contributed by atoms with E-state index < -0.39 is 0 Å². The third-order valence-electron chi connectivity index (χ3n) is 3.84. The molecular weight excluding hydrogens is 302 g/mol. The Morgan fingerprint density at radius 1 is 1.52 bits per heavy atom. The van der Waals surface area contributed by atoms with Crippen LogP contribution in [0.1, 0.15) is 28.7 Å². The van der Waals surface area contributed by atoms with Gasteiger partial charge in [-0.2, -0.15) is 0 Å². The van der Waals surface area contributed by atoms with Crippen molar-refractivity contribution < 1.29 is 4.79 Å². The average molecular weight is 321 g/mol. The zero-order chi connectivity index (χ0) is 14.8. The van der Waals surface area contributed by atoms with Gasteiger partial charge in [0.15, 0.2) is 0 Å². The number of thiazole rings is 1. The second-order valence-electron chi connectivity index (χ2n) is 5.46. The van der Waals surface area contributed by atoms with Gasteiger partial charge in [-0.1, -0.05) is 13.0 Å². The molecule has 2 atom stereocenters. The Hall–Kier alpha value is -1.24. The maximum atomic E-state index is 12.5. The molecule has 6 heteroatoms. The molecule has 1 aliphatic heterocycles. The molecule has 2 aromatic heterocycles. The fourth-order valence-electron chi connectivity index (χ4n) is 2.58. The van der Waals surface area contributed by atoms with E-state index >= 15 is 0 Å². The van der Waals surface area contributed by atoms with Gasteiger partial charge in [0.2, 0.25) is 0 Å². The van der Waals surface area contributed by atoms with Crippen molar-refractivity contribution in [2.24, 2.45) is 5.92 Å².